The lowest BCUT2D eigenvalue weighted by Crippen LogP contribution is -2.06. The van der Waals surface area contributed by atoms with Gasteiger partial charge in [-0.3, -0.25) is 0 Å². The van der Waals surface area contributed by atoms with Crippen molar-refractivity contribution < 1.29 is 0 Å². The average molecular weight is 278 g/mol. The van der Waals surface area contributed by atoms with Crippen molar-refractivity contribution in [1.29, 1.82) is 0 Å². The summed E-state index contributed by atoms with van der Waals surface area (Å²) in [5.74, 6) is 0.898. The standard InChI is InChI=1S/C13H16ClN5/c1-3-9-5-7-10(8-6-9)16-13-18-11(14)17-12(19-13)15-4-2/h5-8H,3-4H2,1-2H3,(H2,15,16,17,18,19). The van der Waals surface area contributed by atoms with Crippen LogP contribution in [0.2, 0.25) is 5.28 Å². The maximum Gasteiger partial charge on any atom is 0.233 e. The average Bonchev–Trinajstić information content (AvgIpc) is 2.39. The number of hydrogen-bond donors (Lipinski definition) is 2. The zero-order valence-electron chi connectivity index (χ0n) is 10.9. The highest BCUT2D eigenvalue weighted by atomic mass is 35.5. The molecule has 0 amide bonds. The zero-order valence-corrected chi connectivity index (χ0v) is 11.7. The number of hydrogen-bond acceptors (Lipinski definition) is 5. The van der Waals surface area contributed by atoms with Gasteiger partial charge in [0.25, 0.3) is 0 Å². The summed E-state index contributed by atoms with van der Waals surface area (Å²) in [4.78, 5) is 12.3. The van der Waals surface area contributed by atoms with Crippen molar-refractivity contribution in [3.63, 3.8) is 0 Å². The summed E-state index contributed by atoms with van der Waals surface area (Å²) in [7, 11) is 0. The van der Waals surface area contributed by atoms with Crippen LogP contribution in [0.3, 0.4) is 0 Å². The van der Waals surface area contributed by atoms with Gasteiger partial charge in [-0.1, -0.05) is 19.1 Å². The van der Waals surface area contributed by atoms with Gasteiger partial charge < -0.3 is 10.6 Å². The Morgan fingerprint density at radius 1 is 1.00 bits per heavy atom. The van der Waals surface area contributed by atoms with Gasteiger partial charge in [0.2, 0.25) is 17.2 Å². The lowest BCUT2D eigenvalue weighted by Gasteiger charge is -2.07. The number of rotatable bonds is 5. The second-order valence-corrected chi connectivity index (χ2v) is 4.30. The second-order valence-electron chi connectivity index (χ2n) is 3.96. The highest BCUT2D eigenvalue weighted by Gasteiger charge is 2.04. The Morgan fingerprint density at radius 2 is 1.68 bits per heavy atom. The molecule has 0 spiro atoms. The summed E-state index contributed by atoms with van der Waals surface area (Å²) in [5, 5.41) is 6.28. The monoisotopic (exact) mass is 277 g/mol. The van der Waals surface area contributed by atoms with E-state index in [1.807, 2.05) is 19.1 Å². The first-order valence-corrected chi connectivity index (χ1v) is 6.60. The minimum atomic E-state index is 0.165. The molecule has 2 N–H and O–H groups in total. The zero-order chi connectivity index (χ0) is 13.7. The number of nitrogens with zero attached hydrogens (tertiary/aromatic N) is 3. The second kappa shape index (κ2) is 6.33. The molecule has 100 valence electrons. The van der Waals surface area contributed by atoms with Crippen LogP contribution in [0.5, 0.6) is 0 Å². The van der Waals surface area contributed by atoms with Gasteiger partial charge in [0, 0.05) is 12.2 Å². The van der Waals surface area contributed by atoms with Gasteiger partial charge in [0.1, 0.15) is 0 Å². The number of aryl methyl sites for hydroxylation is 1. The third kappa shape index (κ3) is 3.79. The molecule has 6 heteroatoms. The molecule has 2 rings (SSSR count). The van der Waals surface area contributed by atoms with Crippen LogP contribution in [0.4, 0.5) is 17.6 Å². The van der Waals surface area contributed by atoms with Gasteiger partial charge in [0.15, 0.2) is 0 Å². The van der Waals surface area contributed by atoms with Crippen LogP contribution in [0, 0.1) is 0 Å². The normalized spacial score (nSPS) is 10.3. The first-order chi connectivity index (χ1) is 9.21. The van der Waals surface area contributed by atoms with E-state index in [0.29, 0.717) is 11.9 Å². The topological polar surface area (TPSA) is 62.7 Å². The summed E-state index contributed by atoms with van der Waals surface area (Å²) in [6, 6.07) is 8.11. The molecular formula is C13H16ClN5. The van der Waals surface area contributed by atoms with E-state index in [0.717, 1.165) is 18.7 Å². The van der Waals surface area contributed by atoms with Crippen molar-refractivity contribution in [2.24, 2.45) is 0 Å². The van der Waals surface area contributed by atoms with Gasteiger partial charge in [-0.05, 0) is 42.6 Å². The molecule has 0 fully saturated rings. The lowest BCUT2D eigenvalue weighted by atomic mass is 10.1. The van der Waals surface area contributed by atoms with Crippen LogP contribution in [0.1, 0.15) is 19.4 Å². The van der Waals surface area contributed by atoms with E-state index < -0.39 is 0 Å². The fourth-order valence-corrected chi connectivity index (χ4v) is 1.76. The lowest BCUT2D eigenvalue weighted by molar-refractivity contribution is 1.02. The molecule has 0 bridgehead atoms. The fourth-order valence-electron chi connectivity index (χ4n) is 1.60. The third-order valence-corrected chi connectivity index (χ3v) is 2.73. The van der Waals surface area contributed by atoms with E-state index in [2.05, 4.69) is 44.6 Å². The van der Waals surface area contributed by atoms with Crippen LogP contribution in [0.25, 0.3) is 0 Å². The maximum atomic E-state index is 5.86. The first-order valence-electron chi connectivity index (χ1n) is 6.22. The summed E-state index contributed by atoms with van der Waals surface area (Å²) < 4.78 is 0. The SMILES string of the molecule is CCNc1nc(Cl)nc(Nc2ccc(CC)cc2)n1. The number of nitrogens with one attached hydrogen (secondary N) is 2. The largest absolute Gasteiger partial charge is 0.354 e. The van der Waals surface area contributed by atoms with Gasteiger partial charge >= 0.3 is 0 Å². The Bertz CT molecular complexity index is 541. The van der Waals surface area contributed by atoms with Crippen LogP contribution in [0.15, 0.2) is 24.3 Å². The Labute approximate surface area is 117 Å². The molecule has 0 saturated carbocycles. The minimum absolute atomic E-state index is 0.165. The van der Waals surface area contributed by atoms with E-state index in [4.69, 9.17) is 11.6 Å². The molecule has 0 aliphatic rings. The molecule has 1 aromatic heterocycles. The Kier molecular flexibility index (Phi) is 4.52. The Hall–Kier alpha value is -1.88. The molecule has 0 atom stereocenters. The summed E-state index contributed by atoms with van der Waals surface area (Å²) in [6.07, 6.45) is 1.02. The molecule has 0 aliphatic heterocycles. The van der Waals surface area contributed by atoms with Crippen molar-refractivity contribution in [3.8, 4) is 0 Å². The summed E-state index contributed by atoms with van der Waals surface area (Å²) in [5.41, 5.74) is 2.20. The van der Waals surface area contributed by atoms with Crippen LogP contribution < -0.4 is 10.6 Å². The number of aromatic nitrogens is 3. The van der Waals surface area contributed by atoms with Gasteiger partial charge in [-0.15, -0.1) is 0 Å². The van der Waals surface area contributed by atoms with Gasteiger partial charge in [-0.2, -0.15) is 15.0 Å². The Morgan fingerprint density at radius 3 is 2.32 bits per heavy atom. The van der Waals surface area contributed by atoms with Crippen LogP contribution in [-0.4, -0.2) is 21.5 Å². The van der Waals surface area contributed by atoms with E-state index in [9.17, 15) is 0 Å². The summed E-state index contributed by atoms with van der Waals surface area (Å²) in [6.45, 7) is 4.82. The van der Waals surface area contributed by atoms with Crippen molar-refractivity contribution in [1.82, 2.24) is 15.0 Å². The molecule has 19 heavy (non-hydrogen) atoms. The van der Waals surface area contributed by atoms with E-state index >= 15 is 0 Å². The van der Waals surface area contributed by atoms with Crippen LogP contribution in [-0.2, 0) is 6.42 Å². The predicted molar refractivity (Wildman–Crippen MR) is 78.1 cm³/mol. The van der Waals surface area contributed by atoms with E-state index in [1.54, 1.807) is 0 Å². The molecule has 2 aromatic rings. The van der Waals surface area contributed by atoms with E-state index in [1.165, 1.54) is 5.56 Å². The number of anilines is 3. The van der Waals surface area contributed by atoms with Crippen molar-refractivity contribution in [2.45, 2.75) is 20.3 Å². The quantitative estimate of drug-likeness (QED) is 0.878. The van der Waals surface area contributed by atoms with Gasteiger partial charge in [0.05, 0.1) is 0 Å². The van der Waals surface area contributed by atoms with Crippen molar-refractivity contribution >= 4 is 29.2 Å². The highest BCUT2D eigenvalue weighted by Crippen LogP contribution is 2.16. The third-order valence-electron chi connectivity index (χ3n) is 2.56. The molecule has 1 heterocycles. The molecule has 0 unspecified atom stereocenters. The van der Waals surface area contributed by atoms with Crippen molar-refractivity contribution in [3.05, 3.63) is 35.1 Å². The fraction of sp³-hybridized carbons (Fsp3) is 0.308. The van der Waals surface area contributed by atoms with Gasteiger partial charge in [-0.25, -0.2) is 0 Å². The molecule has 0 radical (unpaired) electrons. The van der Waals surface area contributed by atoms with Crippen molar-refractivity contribution in [2.75, 3.05) is 17.2 Å². The molecule has 5 nitrogen and oxygen atoms in total. The number of halogens is 1. The minimum Gasteiger partial charge on any atom is -0.354 e. The van der Waals surface area contributed by atoms with E-state index in [-0.39, 0.29) is 5.28 Å². The molecule has 1 aromatic carbocycles. The smallest absolute Gasteiger partial charge is 0.233 e. The Balaban J connectivity index is 2.17. The molecule has 0 saturated heterocycles. The highest BCUT2D eigenvalue weighted by molar-refractivity contribution is 6.28. The molecular weight excluding hydrogens is 262 g/mol. The molecule has 0 aliphatic carbocycles. The summed E-state index contributed by atoms with van der Waals surface area (Å²) >= 11 is 5.86. The first kappa shape index (κ1) is 13.5. The predicted octanol–water partition coefficient (Wildman–Crippen LogP) is 3.26. The van der Waals surface area contributed by atoms with Crippen LogP contribution >= 0.6 is 11.6 Å². The maximum absolute atomic E-state index is 5.86. The number of benzene rings is 1.